The molecule has 4 nitrogen and oxygen atoms in total. The fourth-order valence-corrected chi connectivity index (χ4v) is 6.32. The Balaban J connectivity index is 1.76. The van der Waals surface area contributed by atoms with Gasteiger partial charge >= 0.3 is 0 Å². The molecule has 0 aromatic carbocycles. The number of oxime groups is 2. The molecule has 0 aromatic heterocycles. The zero-order valence-electron chi connectivity index (χ0n) is 8.82. The Morgan fingerprint density at radius 2 is 1.00 bits per heavy atom. The molecule has 8 atom stereocenters. The van der Waals surface area contributed by atoms with Crippen molar-refractivity contribution in [3.8, 4) is 0 Å². The number of rotatable bonds is 0. The smallest absolute Gasteiger partial charge is 0.0638 e. The lowest BCUT2D eigenvalue weighted by molar-refractivity contribution is 0.0202. The highest BCUT2D eigenvalue weighted by Crippen LogP contribution is 2.78. The third-order valence-corrected chi connectivity index (χ3v) is 6.40. The minimum Gasteiger partial charge on any atom is -0.411 e. The first-order chi connectivity index (χ1) is 7.86. The summed E-state index contributed by atoms with van der Waals surface area (Å²) < 4.78 is 0. The zero-order valence-corrected chi connectivity index (χ0v) is 8.82. The van der Waals surface area contributed by atoms with Crippen LogP contribution in [0, 0.1) is 47.3 Å². The van der Waals surface area contributed by atoms with Crippen molar-refractivity contribution >= 4 is 11.4 Å². The summed E-state index contributed by atoms with van der Waals surface area (Å²) in [7, 11) is 0. The maximum Gasteiger partial charge on any atom is 0.0638 e. The maximum atomic E-state index is 9.20. The second-order valence-electron chi connectivity index (χ2n) is 6.26. The van der Waals surface area contributed by atoms with E-state index in [1.54, 1.807) is 0 Å². The summed E-state index contributed by atoms with van der Waals surface area (Å²) in [5.41, 5.74) is 2.17. The highest BCUT2D eigenvalue weighted by molar-refractivity contribution is 6.01. The van der Waals surface area contributed by atoms with E-state index in [-0.39, 0.29) is 0 Å². The minimum absolute atomic E-state index is 0.504. The fraction of sp³-hybridized carbons (Fsp3) is 0.833. The van der Waals surface area contributed by atoms with Crippen molar-refractivity contribution in [2.45, 2.75) is 12.8 Å². The molecule has 0 aliphatic heterocycles. The van der Waals surface area contributed by atoms with Crippen molar-refractivity contribution < 1.29 is 10.4 Å². The third kappa shape index (κ3) is 0.531. The first-order valence-electron chi connectivity index (χ1n) is 6.30. The van der Waals surface area contributed by atoms with Gasteiger partial charge in [-0.3, -0.25) is 0 Å². The van der Waals surface area contributed by atoms with Crippen LogP contribution in [0.25, 0.3) is 0 Å². The van der Waals surface area contributed by atoms with Crippen molar-refractivity contribution in [1.29, 1.82) is 0 Å². The third-order valence-electron chi connectivity index (χ3n) is 6.40. The van der Waals surface area contributed by atoms with Crippen LogP contribution in [0.2, 0.25) is 0 Å². The second kappa shape index (κ2) is 2.15. The molecular formula is C12H14N2O2. The SMILES string of the molecule is ON=C1[C@H]2C[C@H]3C(=NO)[C@@H]4C[C@@H]1C1C2C3C14. The topological polar surface area (TPSA) is 65.2 Å². The van der Waals surface area contributed by atoms with Gasteiger partial charge in [0.1, 0.15) is 0 Å². The molecule has 4 unspecified atom stereocenters. The van der Waals surface area contributed by atoms with Gasteiger partial charge in [-0.15, -0.1) is 0 Å². The largest absolute Gasteiger partial charge is 0.411 e. The van der Waals surface area contributed by atoms with Gasteiger partial charge in [-0.25, -0.2) is 0 Å². The predicted octanol–water partition coefficient (Wildman–Crippen LogP) is 1.42. The van der Waals surface area contributed by atoms with Gasteiger partial charge in [0.2, 0.25) is 0 Å². The quantitative estimate of drug-likeness (QED) is 0.477. The summed E-state index contributed by atoms with van der Waals surface area (Å²) in [5.74, 6) is 5.05. The van der Waals surface area contributed by atoms with Crippen LogP contribution in [0.15, 0.2) is 10.3 Å². The summed E-state index contributed by atoms with van der Waals surface area (Å²) >= 11 is 0. The van der Waals surface area contributed by atoms with Crippen LogP contribution < -0.4 is 0 Å². The van der Waals surface area contributed by atoms with Crippen LogP contribution in [0.5, 0.6) is 0 Å². The maximum absolute atomic E-state index is 9.20. The van der Waals surface area contributed by atoms with Crippen LogP contribution in [0.1, 0.15) is 12.8 Å². The molecule has 2 N–H and O–H groups in total. The van der Waals surface area contributed by atoms with Gasteiger partial charge in [-0.2, -0.15) is 0 Å². The van der Waals surface area contributed by atoms with E-state index in [2.05, 4.69) is 10.3 Å². The molecular weight excluding hydrogens is 204 g/mol. The molecule has 4 heteroatoms. The van der Waals surface area contributed by atoms with Crippen molar-refractivity contribution in [2.75, 3.05) is 0 Å². The average molecular weight is 218 g/mol. The van der Waals surface area contributed by atoms with Gasteiger partial charge < -0.3 is 10.4 Å². The zero-order chi connectivity index (χ0) is 10.6. The molecule has 5 fully saturated rings. The van der Waals surface area contributed by atoms with E-state index in [0.717, 1.165) is 47.9 Å². The van der Waals surface area contributed by atoms with Crippen LogP contribution in [-0.2, 0) is 0 Å². The lowest BCUT2D eigenvalue weighted by Crippen LogP contribution is -2.41. The molecule has 0 bridgehead atoms. The highest BCUT2D eigenvalue weighted by Gasteiger charge is 2.78. The van der Waals surface area contributed by atoms with E-state index in [9.17, 15) is 10.4 Å². The summed E-state index contributed by atoms with van der Waals surface area (Å²) in [4.78, 5) is 0. The number of hydrogen-bond donors (Lipinski definition) is 2. The van der Waals surface area contributed by atoms with Crippen molar-refractivity contribution in [3.05, 3.63) is 0 Å². The molecule has 5 saturated carbocycles. The molecule has 5 rings (SSSR count). The Labute approximate surface area is 93.0 Å². The summed E-state index contributed by atoms with van der Waals surface area (Å²) in [6.45, 7) is 0. The molecule has 0 aromatic rings. The monoisotopic (exact) mass is 218 g/mol. The Bertz CT molecular complexity index is 376. The van der Waals surface area contributed by atoms with Gasteiger partial charge in [0.05, 0.1) is 11.4 Å². The normalized spacial score (nSPS) is 68.2. The number of nitrogens with zero attached hydrogens (tertiary/aromatic N) is 2. The van der Waals surface area contributed by atoms with Crippen LogP contribution in [0.4, 0.5) is 0 Å². The number of hydrogen-bond acceptors (Lipinski definition) is 4. The lowest BCUT2D eigenvalue weighted by atomic mass is 9.60. The van der Waals surface area contributed by atoms with Crippen molar-refractivity contribution in [1.82, 2.24) is 0 Å². The molecule has 0 heterocycles. The molecule has 0 saturated heterocycles. The first-order valence-corrected chi connectivity index (χ1v) is 6.30. The Hall–Kier alpha value is -1.06. The molecule has 84 valence electrons. The van der Waals surface area contributed by atoms with Crippen LogP contribution in [0.3, 0.4) is 0 Å². The molecule has 16 heavy (non-hydrogen) atoms. The second-order valence-corrected chi connectivity index (χ2v) is 6.26. The van der Waals surface area contributed by atoms with Gasteiger partial charge in [-0.1, -0.05) is 10.3 Å². The van der Waals surface area contributed by atoms with Gasteiger partial charge in [0.25, 0.3) is 0 Å². The molecule has 0 spiro atoms. The van der Waals surface area contributed by atoms with Crippen LogP contribution >= 0.6 is 0 Å². The van der Waals surface area contributed by atoms with Gasteiger partial charge in [0, 0.05) is 23.7 Å². The molecule has 0 radical (unpaired) electrons. The minimum atomic E-state index is 0.504. The summed E-state index contributed by atoms with van der Waals surface area (Å²) in [5, 5.41) is 25.6. The Morgan fingerprint density at radius 3 is 1.25 bits per heavy atom. The highest BCUT2D eigenvalue weighted by atomic mass is 16.4. The predicted molar refractivity (Wildman–Crippen MR) is 55.6 cm³/mol. The Morgan fingerprint density at radius 1 is 0.688 bits per heavy atom. The standard InChI is InChI=1S/C12H14N2O2/c15-13-11-3-1-4-8-7(3)9-5(11)2-6(10(8)9)12(4)14-16/h3-10,15-16H,1-2H2/t3-,4-,5-,6+,7?,8?,9?,10?/m1/s1. The van der Waals surface area contributed by atoms with Gasteiger partial charge in [0.15, 0.2) is 0 Å². The lowest BCUT2D eigenvalue weighted by Gasteiger charge is -2.43. The van der Waals surface area contributed by atoms with E-state index in [4.69, 9.17) is 0 Å². The average Bonchev–Trinajstić information content (AvgIpc) is 2.77. The van der Waals surface area contributed by atoms with Gasteiger partial charge in [-0.05, 0) is 36.5 Å². The van der Waals surface area contributed by atoms with E-state index in [0.29, 0.717) is 23.7 Å². The first kappa shape index (κ1) is 8.09. The van der Waals surface area contributed by atoms with Crippen molar-refractivity contribution in [2.24, 2.45) is 57.7 Å². The van der Waals surface area contributed by atoms with E-state index in [1.807, 2.05) is 0 Å². The Kier molecular flexibility index (Phi) is 1.09. The van der Waals surface area contributed by atoms with E-state index >= 15 is 0 Å². The fourth-order valence-electron chi connectivity index (χ4n) is 6.32. The molecule has 0 amide bonds. The molecule has 5 aliphatic carbocycles. The molecule has 5 aliphatic rings. The summed E-state index contributed by atoms with van der Waals surface area (Å²) in [6.07, 6.45) is 2.16. The van der Waals surface area contributed by atoms with E-state index < -0.39 is 0 Å². The summed E-state index contributed by atoms with van der Waals surface area (Å²) in [6, 6.07) is 0. The van der Waals surface area contributed by atoms with Crippen molar-refractivity contribution in [3.63, 3.8) is 0 Å². The van der Waals surface area contributed by atoms with E-state index in [1.165, 1.54) is 0 Å². The van der Waals surface area contributed by atoms with Crippen LogP contribution in [-0.4, -0.2) is 21.8 Å².